The van der Waals surface area contributed by atoms with E-state index >= 15 is 0 Å². The molecule has 0 bridgehead atoms. The van der Waals surface area contributed by atoms with Crippen molar-refractivity contribution >= 4 is 11.6 Å². The quantitative estimate of drug-likeness (QED) is 0.850. The lowest BCUT2D eigenvalue weighted by atomic mass is 9.77. The van der Waals surface area contributed by atoms with Crippen molar-refractivity contribution in [2.24, 2.45) is 11.7 Å². The van der Waals surface area contributed by atoms with Crippen molar-refractivity contribution in [1.29, 1.82) is 0 Å². The molecule has 0 radical (unpaired) electrons. The Morgan fingerprint density at radius 3 is 2.52 bits per heavy atom. The van der Waals surface area contributed by atoms with E-state index in [-0.39, 0.29) is 11.6 Å². The Balaban J connectivity index is 2.10. The number of hydrogen-bond donors (Lipinski definition) is 1. The van der Waals surface area contributed by atoms with Crippen LogP contribution in [0.2, 0.25) is 0 Å². The number of hydrogen-bond acceptors (Lipinski definition) is 3. The van der Waals surface area contributed by atoms with E-state index in [9.17, 15) is 9.59 Å². The molecule has 0 aromatic heterocycles. The van der Waals surface area contributed by atoms with Gasteiger partial charge in [-0.15, -0.1) is 0 Å². The van der Waals surface area contributed by atoms with E-state index in [4.69, 9.17) is 5.73 Å². The summed E-state index contributed by atoms with van der Waals surface area (Å²) in [6.07, 6.45) is 4.94. The first-order valence-electron chi connectivity index (χ1n) is 7.91. The third kappa shape index (κ3) is 2.67. The molecule has 2 N–H and O–H groups in total. The molecule has 3 rings (SSSR count). The van der Waals surface area contributed by atoms with Crippen molar-refractivity contribution in [3.05, 3.63) is 34.4 Å². The van der Waals surface area contributed by atoms with Gasteiger partial charge in [0.25, 0.3) is 0 Å². The molecule has 1 saturated carbocycles. The normalized spacial score (nSPS) is 26.2. The first-order valence-corrected chi connectivity index (χ1v) is 7.91. The zero-order chi connectivity index (χ0) is 15.1. The molecule has 1 aromatic rings. The van der Waals surface area contributed by atoms with Crippen LogP contribution in [0.4, 0.5) is 0 Å². The van der Waals surface area contributed by atoms with Gasteiger partial charge in [-0.3, -0.25) is 9.59 Å². The minimum absolute atomic E-state index is 0.107. The summed E-state index contributed by atoms with van der Waals surface area (Å²) < 4.78 is 0. The molecule has 2 aliphatic carbocycles. The molecule has 0 amide bonds. The van der Waals surface area contributed by atoms with Crippen LogP contribution in [0.25, 0.3) is 0 Å². The second-order valence-electron chi connectivity index (χ2n) is 6.69. The number of carbonyl (C=O) groups is 2. The summed E-state index contributed by atoms with van der Waals surface area (Å²) in [6.45, 7) is 4.18. The number of rotatable bonds is 2. The molecule has 2 aliphatic rings. The average Bonchev–Trinajstić information content (AvgIpc) is 3.27. The van der Waals surface area contributed by atoms with Gasteiger partial charge in [-0.2, -0.15) is 0 Å². The van der Waals surface area contributed by atoms with Gasteiger partial charge in [0, 0.05) is 12.0 Å². The summed E-state index contributed by atoms with van der Waals surface area (Å²) in [5, 5.41) is 0. The maximum absolute atomic E-state index is 12.6. The molecule has 21 heavy (non-hydrogen) atoms. The maximum atomic E-state index is 12.6. The third-order valence-electron chi connectivity index (χ3n) is 5.14. The van der Waals surface area contributed by atoms with Crippen molar-refractivity contribution in [2.45, 2.75) is 57.9 Å². The summed E-state index contributed by atoms with van der Waals surface area (Å²) in [4.78, 5) is 24.6. The number of benzene rings is 1. The van der Waals surface area contributed by atoms with E-state index in [0.717, 1.165) is 24.3 Å². The monoisotopic (exact) mass is 285 g/mol. The zero-order valence-corrected chi connectivity index (χ0v) is 12.8. The van der Waals surface area contributed by atoms with Gasteiger partial charge in [0.05, 0.1) is 0 Å². The highest BCUT2D eigenvalue weighted by molar-refractivity contribution is 6.15. The smallest absolute Gasteiger partial charge is 0.187 e. The lowest BCUT2D eigenvalue weighted by Gasteiger charge is -2.27. The summed E-state index contributed by atoms with van der Waals surface area (Å²) in [5.74, 6) is 0.803. The van der Waals surface area contributed by atoms with Crippen LogP contribution in [0.3, 0.4) is 0 Å². The maximum Gasteiger partial charge on any atom is 0.187 e. The van der Waals surface area contributed by atoms with Gasteiger partial charge in [-0.1, -0.05) is 25.0 Å². The van der Waals surface area contributed by atoms with Crippen LogP contribution in [0.5, 0.6) is 0 Å². The molecular formula is C18H23NO2. The van der Waals surface area contributed by atoms with Gasteiger partial charge in [0.1, 0.15) is 6.04 Å². The number of Topliss-reactive ketones (excluding diaryl/α,β-unsaturated/α-hetero) is 2. The highest BCUT2D eigenvalue weighted by atomic mass is 16.2. The fraction of sp³-hybridized carbons (Fsp3) is 0.556. The van der Waals surface area contributed by atoms with Crippen molar-refractivity contribution in [1.82, 2.24) is 0 Å². The predicted molar refractivity (Wildman–Crippen MR) is 82.5 cm³/mol. The van der Waals surface area contributed by atoms with Crippen molar-refractivity contribution in [2.75, 3.05) is 0 Å². The number of carbonyl (C=O) groups excluding carboxylic acids is 2. The minimum Gasteiger partial charge on any atom is -0.315 e. The number of fused-ring (bicyclic) bond motifs is 1. The molecule has 2 atom stereocenters. The second-order valence-corrected chi connectivity index (χ2v) is 6.69. The van der Waals surface area contributed by atoms with Crippen LogP contribution in [-0.2, 0) is 4.79 Å². The van der Waals surface area contributed by atoms with Crippen LogP contribution in [0, 0.1) is 19.8 Å². The zero-order valence-electron chi connectivity index (χ0n) is 12.8. The Labute approximate surface area is 125 Å². The first kappa shape index (κ1) is 14.5. The summed E-state index contributed by atoms with van der Waals surface area (Å²) in [7, 11) is 0. The molecule has 0 heterocycles. The molecule has 0 saturated heterocycles. The Kier molecular flexibility index (Phi) is 3.70. The molecule has 0 spiro atoms. The standard InChI is InChI=1S/C18H23NO2/c1-10-3-7-14-16(11(10)2)13(9-12-4-5-12)6-8-15(20)17(19)18(14)21/h3,7,12-13,17H,4-6,8-9,19H2,1-2H3. The summed E-state index contributed by atoms with van der Waals surface area (Å²) in [5.41, 5.74) is 10.1. The van der Waals surface area contributed by atoms with Gasteiger partial charge in [-0.05, 0) is 55.2 Å². The van der Waals surface area contributed by atoms with Gasteiger partial charge >= 0.3 is 0 Å². The largest absolute Gasteiger partial charge is 0.315 e. The molecule has 3 heteroatoms. The highest BCUT2D eigenvalue weighted by Gasteiger charge is 2.34. The molecule has 112 valence electrons. The Bertz CT molecular complexity index is 601. The van der Waals surface area contributed by atoms with Crippen molar-refractivity contribution in [3.63, 3.8) is 0 Å². The highest BCUT2D eigenvalue weighted by Crippen LogP contribution is 2.43. The predicted octanol–water partition coefficient (Wildman–Crippen LogP) is 3.06. The molecule has 1 aromatic carbocycles. The lowest BCUT2D eigenvalue weighted by Crippen LogP contribution is -2.40. The van der Waals surface area contributed by atoms with Gasteiger partial charge in [0.15, 0.2) is 11.6 Å². The van der Waals surface area contributed by atoms with Gasteiger partial charge in [0.2, 0.25) is 0 Å². The van der Waals surface area contributed by atoms with E-state index < -0.39 is 6.04 Å². The Morgan fingerprint density at radius 1 is 1.14 bits per heavy atom. The van der Waals surface area contributed by atoms with Crippen molar-refractivity contribution in [3.8, 4) is 0 Å². The SMILES string of the molecule is Cc1ccc2c(c1C)C(CC1CC1)CCC(=O)C(N)C2=O. The van der Waals surface area contributed by atoms with Gasteiger partial charge < -0.3 is 5.73 Å². The van der Waals surface area contributed by atoms with E-state index in [2.05, 4.69) is 13.8 Å². The van der Waals surface area contributed by atoms with Gasteiger partial charge in [-0.25, -0.2) is 0 Å². The Hall–Kier alpha value is -1.48. The van der Waals surface area contributed by atoms with E-state index in [1.54, 1.807) is 0 Å². The summed E-state index contributed by atoms with van der Waals surface area (Å²) >= 11 is 0. The van der Waals surface area contributed by atoms with Crippen LogP contribution in [0.1, 0.15) is 65.1 Å². The first-order chi connectivity index (χ1) is 9.99. The number of ketones is 2. The van der Waals surface area contributed by atoms with Crippen LogP contribution in [0.15, 0.2) is 12.1 Å². The molecule has 2 unspecified atom stereocenters. The van der Waals surface area contributed by atoms with Crippen LogP contribution < -0.4 is 5.73 Å². The van der Waals surface area contributed by atoms with E-state index in [0.29, 0.717) is 17.9 Å². The fourth-order valence-corrected chi connectivity index (χ4v) is 3.50. The average molecular weight is 285 g/mol. The van der Waals surface area contributed by atoms with Crippen LogP contribution in [-0.4, -0.2) is 17.6 Å². The fourth-order valence-electron chi connectivity index (χ4n) is 3.50. The second kappa shape index (κ2) is 5.38. The minimum atomic E-state index is -0.979. The van der Waals surface area contributed by atoms with E-state index in [1.165, 1.54) is 24.0 Å². The number of aryl methyl sites for hydroxylation is 1. The molecule has 3 nitrogen and oxygen atoms in total. The Morgan fingerprint density at radius 2 is 1.86 bits per heavy atom. The topological polar surface area (TPSA) is 60.2 Å². The third-order valence-corrected chi connectivity index (χ3v) is 5.14. The van der Waals surface area contributed by atoms with Crippen LogP contribution >= 0.6 is 0 Å². The molecule has 1 fully saturated rings. The molecule has 0 aliphatic heterocycles. The van der Waals surface area contributed by atoms with E-state index in [1.807, 2.05) is 12.1 Å². The molecular weight excluding hydrogens is 262 g/mol. The lowest BCUT2D eigenvalue weighted by molar-refractivity contribution is -0.119. The summed E-state index contributed by atoms with van der Waals surface area (Å²) in [6, 6.07) is 2.87. The number of nitrogens with two attached hydrogens (primary N) is 1. The van der Waals surface area contributed by atoms with Crippen molar-refractivity contribution < 1.29 is 9.59 Å².